The summed E-state index contributed by atoms with van der Waals surface area (Å²) in [5.74, 6) is -0.180. The molecule has 0 saturated heterocycles. The summed E-state index contributed by atoms with van der Waals surface area (Å²) in [6.45, 7) is 0. The second-order valence-electron chi connectivity index (χ2n) is 5.84. The minimum atomic E-state index is -3.54. The zero-order valence-corrected chi connectivity index (χ0v) is 13.9. The maximum atomic E-state index is 12.8. The highest BCUT2D eigenvalue weighted by Gasteiger charge is 2.36. The van der Waals surface area contributed by atoms with Crippen molar-refractivity contribution in [3.63, 3.8) is 0 Å². The summed E-state index contributed by atoms with van der Waals surface area (Å²) in [5, 5.41) is 3.72. The van der Waals surface area contributed by atoms with E-state index < -0.39 is 10.0 Å². The van der Waals surface area contributed by atoms with Crippen molar-refractivity contribution in [1.29, 1.82) is 0 Å². The van der Waals surface area contributed by atoms with Gasteiger partial charge >= 0.3 is 0 Å². The minimum Gasteiger partial charge on any atom is -0.364 e. The van der Waals surface area contributed by atoms with E-state index in [0.717, 1.165) is 22.3 Å². The van der Waals surface area contributed by atoms with Crippen molar-refractivity contribution in [1.82, 2.24) is 9.46 Å². The highest BCUT2D eigenvalue weighted by molar-refractivity contribution is 7.88. The Balaban J connectivity index is 1.78. The predicted octanol–water partition coefficient (Wildman–Crippen LogP) is 3.21. The van der Waals surface area contributed by atoms with Crippen LogP contribution in [0.1, 0.15) is 22.9 Å². The number of rotatable bonds is 4. The van der Waals surface area contributed by atoms with Gasteiger partial charge in [0.25, 0.3) is 0 Å². The van der Waals surface area contributed by atoms with Crippen molar-refractivity contribution in [2.75, 3.05) is 7.05 Å². The largest absolute Gasteiger partial charge is 0.364 e. The Hall–Kier alpha value is -2.44. The van der Waals surface area contributed by atoms with E-state index >= 15 is 0 Å². The Kier molecular flexibility index (Phi) is 3.51. The van der Waals surface area contributed by atoms with Crippen LogP contribution in [0.25, 0.3) is 11.1 Å². The molecule has 0 atom stereocenters. The van der Waals surface area contributed by atoms with Crippen LogP contribution in [0, 0.1) is 0 Å². The number of hydrogen-bond donors (Lipinski definition) is 0. The lowest BCUT2D eigenvalue weighted by molar-refractivity contribution is 0.406. The molecular formula is C18H16N2O3S. The molecule has 1 aromatic heterocycles. The van der Waals surface area contributed by atoms with Gasteiger partial charge in [0.05, 0.1) is 11.7 Å². The van der Waals surface area contributed by atoms with Gasteiger partial charge in [-0.2, -0.15) is 4.31 Å². The molecule has 0 fully saturated rings. The molecule has 1 heterocycles. The van der Waals surface area contributed by atoms with E-state index in [1.807, 2.05) is 48.5 Å². The van der Waals surface area contributed by atoms with E-state index in [9.17, 15) is 8.42 Å². The van der Waals surface area contributed by atoms with E-state index in [1.54, 1.807) is 13.1 Å². The van der Waals surface area contributed by atoms with Gasteiger partial charge in [0.2, 0.25) is 10.0 Å². The number of hydrogen-bond acceptors (Lipinski definition) is 4. The summed E-state index contributed by atoms with van der Waals surface area (Å²) < 4.78 is 31.9. The van der Waals surface area contributed by atoms with Crippen LogP contribution in [0.3, 0.4) is 0 Å². The van der Waals surface area contributed by atoms with Crippen LogP contribution >= 0.6 is 0 Å². The highest BCUT2D eigenvalue weighted by Crippen LogP contribution is 2.46. The molecule has 24 heavy (non-hydrogen) atoms. The Morgan fingerprint density at radius 3 is 2.12 bits per heavy atom. The second-order valence-corrected chi connectivity index (χ2v) is 7.87. The van der Waals surface area contributed by atoms with Gasteiger partial charge in [0, 0.05) is 13.1 Å². The van der Waals surface area contributed by atoms with Gasteiger partial charge in [-0.25, -0.2) is 8.42 Å². The summed E-state index contributed by atoms with van der Waals surface area (Å²) in [7, 11) is -1.92. The number of fused-ring (bicyclic) bond motifs is 3. The molecule has 6 heteroatoms. The van der Waals surface area contributed by atoms with Crippen LogP contribution in [0.2, 0.25) is 0 Å². The van der Waals surface area contributed by atoms with Crippen LogP contribution in [-0.2, 0) is 15.8 Å². The molecule has 122 valence electrons. The first-order valence-electron chi connectivity index (χ1n) is 7.61. The third-order valence-electron chi connectivity index (χ3n) is 4.42. The molecule has 0 aliphatic heterocycles. The van der Waals surface area contributed by atoms with E-state index in [-0.39, 0.29) is 11.8 Å². The standard InChI is InChI=1S/C18H16N2O3S/c1-20(24(21,22)12-13-10-11-23-19-13)18-16-8-4-2-6-14(16)15-7-3-5-9-17(15)18/h2-11,18H,12H2,1H3. The lowest BCUT2D eigenvalue weighted by Crippen LogP contribution is -2.32. The monoisotopic (exact) mass is 340 g/mol. The predicted molar refractivity (Wildman–Crippen MR) is 90.6 cm³/mol. The molecule has 1 aliphatic carbocycles. The molecule has 0 N–H and O–H groups in total. The van der Waals surface area contributed by atoms with Crippen molar-refractivity contribution in [2.45, 2.75) is 11.8 Å². The smallest absolute Gasteiger partial charge is 0.220 e. The molecular weight excluding hydrogens is 324 g/mol. The first kappa shape index (κ1) is 15.1. The van der Waals surface area contributed by atoms with Gasteiger partial charge in [-0.05, 0) is 22.3 Å². The van der Waals surface area contributed by atoms with E-state index in [2.05, 4.69) is 5.16 Å². The van der Waals surface area contributed by atoms with Gasteiger partial charge in [-0.1, -0.05) is 53.7 Å². The zero-order chi connectivity index (χ0) is 16.7. The molecule has 4 rings (SSSR count). The van der Waals surface area contributed by atoms with Crippen LogP contribution in [0.15, 0.2) is 65.4 Å². The molecule has 2 aromatic carbocycles. The second kappa shape index (κ2) is 5.58. The molecule has 1 aliphatic rings. The third kappa shape index (κ3) is 2.35. The number of nitrogens with zero attached hydrogens (tertiary/aromatic N) is 2. The van der Waals surface area contributed by atoms with Crippen molar-refractivity contribution >= 4 is 10.0 Å². The Morgan fingerprint density at radius 1 is 1.00 bits per heavy atom. The van der Waals surface area contributed by atoms with E-state index in [0.29, 0.717) is 5.69 Å². The lowest BCUT2D eigenvalue weighted by Gasteiger charge is -2.25. The molecule has 3 aromatic rings. The van der Waals surface area contributed by atoms with E-state index in [4.69, 9.17) is 4.52 Å². The fourth-order valence-corrected chi connectivity index (χ4v) is 4.56. The number of sulfonamides is 1. The van der Waals surface area contributed by atoms with Crippen molar-refractivity contribution in [2.24, 2.45) is 0 Å². The van der Waals surface area contributed by atoms with Crippen LogP contribution < -0.4 is 0 Å². The van der Waals surface area contributed by atoms with Crippen molar-refractivity contribution < 1.29 is 12.9 Å². The zero-order valence-electron chi connectivity index (χ0n) is 13.1. The summed E-state index contributed by atoms with van der Waals surface area (Å²) in [5.41, 5.74) is 4.58. The lowest BCUT2D eigenvalue weighted by atomic mass is 10.1. The molecule has 0 unspecified atom stereocenters. The fraction of sp³-hybridized carbons (Fsp3) is 0.167. The van der Waals surface area contributed by atoms with Crippen LogP contribution in [-0.4, -0.2) is 24.9 Å². The third-order valence-corrected chi connectivity index (χ3v) is 6.17. The van der Waals surface area contributed by atoms with Gasteiger partial charge in [-0.15, -0.1) is 0 Å². The van der Waals surface area contributed by atoms with E-state index in [1.165, 1.54) is 10.6 Å². The molecule has 0 amide bonds. The topological polar surface area (TPSA) is 63.4 Å². The summed E-state index contributed by atoms with van der Waals surface area (Å²) in [4.78, 5) is 0. The van der Waals surface area contributed by atoms with Crippen molar-refractivity contribution in [3.8, 4) is 11.1 Å². The average molecular weight is 340 g/mol. The average Bonchev–Trinajstić information content (AvgIpc) is 3.19. The summed E-state index contributed by atoms with van der Waals surface area (Å²) in [6, 6.07) is 17.1. The van der Waals surface area contributed by atoms with Crippen molar-refractivity contribution in [3.05, 3.63) is 77.7 Å². The van der Waals surface area contributed by atoms with Gasteiger partial charge in [0.15, 0.2) is 0 Å². The maximum absolute atomic E-state index is 12.8. The quantitative estimate of drug-likeness (QED) is 0.731. The first-order chi connectivity index (χ1) is 11.6. The molecule has 5 nitrogen and oxygen atoms in total. The molecule has 0 radical (unpaired) electrons. The minimum absolute atomic E-state index is 0.180. The van der Waals surface area contributed by atoms with Crippen LogP contribution in [0.5, 0.6) is 0 Å². The SMILES string of the molecule is CN(C1c2ccccc2-c2ccccc21)S(=O)(=O)Cc1ccon1. The molecule has 0 saturated carbocycles. The maximum Gasteiger partial charge on any atom is 0.220 e. The van der Waals surface area contributed by atoms with Crippen LogP contribution in [0.4, 0.5) is 0 Å². The summed E-state index contributed by atoms with van der Waals surface area (Å²) >= 11 is 0. The molecule has 0 spiro atoms. The number of aromatic nitrogens is 1. The van der Waals surface area contributed by atoms with Gasteiger partial charge in [0.1, 0.15) is 12.0 Å². The summed E-state index contributed by atoms with van der Waals surface area (Å²) in [6.07, 6.45) is 1.38. The van der Waals surface area contributed by atoms with Gasteiger partial charge in [-0.3, -0.25) is 0 Å². The normalized spacial score (nSPS) is 13.9. The first-order valence-corrected chi connectivity index (χ1v) is 9.22. The van der Waals surface area contributed by atoms with Gasteiger partial charge < -0.3 is 4.52 Å². The molecule has 0 bridgehead atoms. The Labute approximate surface area is 140 Å². The fourth-order valence-electron chi connectivity index (χ4n) is 3.28. The Bertz CT molecular complexity index is 936. The Morgan fingerprint density at radius 2 is 1.58 bits per heavy atom. The number of benzene rings is 2. The highest BCUT2D eigenvalue weighted by atomic mass is 32.2.